The Hall–Kier alpha value is -3.09. The molecule has 28 heavy (non-hydrogen) atoms. The topological polar surface area (TPSA) is 84.2 Å². The van der Waals surface area contributed by atoms with E-state index in [-0.39, 0.29) is 5.91 Å². The van der Waals surface area contributed by atoms with Gasteiger partial charge in [-0.15, -0.1) is 0 Å². The molecule has 0 aliphatic carbocycles. The highest BCUT2D eigenvalue weighted by Crippen LogP contribution is 2.35. The zero-order chi connectivity index (χ0) is 19.7. The number of carbonyl (C=O) groups is 1. The number of methoxy groups -OCH3 is 1. The fraction of sp³-hybridized carbons (Fsp3) is 0.381. The Morgan fingerprint density at radius 2 is 2.07 bits per heavy atom. The van der Waals surface area contributed by atoms with Gasteiger partial charge in [0.15, 0.2) is 5.89 Å². The maximum atomic E-state index is 12.7. The number of likely N-dealkylation sites (tertiary alicyclic amines) is 1. The summed E-state index contributed by atoms with van der Waals surface area (Å²) in [5, 5.41) is 7.45. The number of carbonyl (C=O) groups excluding carboxylic acids is 1. The minimum Gasteiger partial charge on any atom is -0.497 e. The van der Waals surface area contributed by atoms with Gasteiger partial charge in [0.1, 0.15) is 5.75 Å². The van der Waals surface area contributed by atoms with Gasteiger partial charge in [-0.25, -0.2) is 4.98 Å². The Kier molecular flexibility index (Phi) is 4.90. The minimum atomic E-state index is -0.0748. The second kappa shape index (κ2) is 7.50. The molecule has 2 aromatic heterocycles. The van der Waals surface area contributed by atoms with E-state index < -0.39 is 0 Å². The molecule has 7 nitrogen and oxygen atoms in total. The van der Waals surface area contributed by atoms with Crippen molar-refractivity contribution < 1.29 is 13.9 Å². The summed E-state index contributed by atoms with van der Waals surface area (Å²) < 4.78 is 10.8. The van der Waals surface area contributed by atoms with Crippen molar-refractivity contribution in [2.45, 2.75) is 32.6 Å². The summed E-state index contributed by atoms with van der Waals surface area (Å²) in [4.78, 5) is 18.8. The first-order valence-electron chi connectivity index (χ1n) is 9.48. The molecule has 4 rings (SSSR count). The van der Waals surface area contributed by atoms with Crippen molar-refractivity contribution in [1.29, 1.82) is 0 Å². The largest absolute Gasteiger partial charge is 0.497 e. The molecular formula is C21H24N4O3. The second-order valence-electron chi connectivity index (χ2n) is 7.14. The Bertz CT molecular complexity index is 983. The van der Waals surface area contributed by atoms with Crippen LogP contribution in [0.15, 0.2) is 34.9 Å². The van der Waals surface area contributed by atoms with Crippen LogP contribution in [0.4, 0.5) is 0 Å². The molecule has 0 bridgehead atoms. The van der Waals surface area contributed by atoms with Crippen LogP contribution in [-0.2, 0) is 0 Å². The molecule has 1 aromatic carbocycles. The Morgan fingerprint density at radius 3 is 2.75 bits per heavy atom. The molecule has 1 N–H and O–H groups in total. The van der Waals surface area contributed by atoms with Crippen molar-refractivity contribution in [1.82, 2.24) is 20.1 Å². The van der Waals surface area contributed by atoms with Crippen molar-refractivity contribution >= 4 is 5.91 Å². The van der Waals surface area contributed by atoms with E-state index in [1.807, 2.05) is 36.2 Å². The van der Waals surface area contributed by atoms with Crippen LogP contribution < -0.4 is 4.74 Å². The molecule has 3 aromatic rings. The molecule has 1 amide bonds. The number of aryl methyl sites for hydroxylation is 2. The molecular weight excluding hydrogens is 356 g/mol. The van der Waals surface area contributed by atoms with Crippen molar-refractivity contribution in [3.05, 3.63) is 53.5 Å². The number of hydrogen-bond donors (Lipinski definition) is 1. The first-order chi connectivity index (χ1) is 13.6. The van der Waals surface area contributed by atoms with Gasteiger partial charge in [-0.1, -0.05) is 12.1 Å². The van der Waals surface area contributed by atoms with Crippen LogP contribution in [0.5, 0.6) is 5.75 Å². The number of benzene rings is 1. The van der Waals surface area contributed by atoms with E-state index in [0.29, 0.717) is 36.4 Å². The quantitative estimate of drug-likeness (QED) is 0.746. The van der Waals surface area contributed by atoms with E-state index in [4.69, 9.17) is 9.15 Å². The lowest BCUT2D eigenvalue weighted by atomic mass is 9.89. The lowest BCUT2D eigenvalue weighted by Crippen LogP contribution is -2.38. The van der Waals surface area contributed by atoms with Gasteiger partial charge in [0.25, 0.3) is 5.91 Å². The number of aromatic nitrogens is 3. The lowest BCUT2D eigenvalue weighted by molar-refractivity contribution is 0.0677. The first-order valence-corrected chi connectivity index (χ1v) is 9.48. The van der Waals surface area contributed by atoms with Crippen LogP contribution in [0, 0.1) is 13.8 Å². The van der Waals surface area contributed by atoms with Crippen LogP contribution in [0.2, 0.25) is 0 Å². The second-order valence-corrected chi connectivity index (χ2v) is 7.14. The molecule has 1 saturated heterocycles. The summed E-state index contributed by atoms with van der Waals surface area (Å²) in [6.45, 7) is 4.92. The highest BCUT2D eigenvalue weighted by Gasteiger charge is 2.29. The maximum Gasteiger partial charge on any atom is 0.291 e. The highest BCUT2D eigenvalue weighted by atomic mass is 16.5. The number of nitrogens with one attached hydrogen (secondary N) is 1. The molecule has 0 radical (unpaired) electrons. The average molecular weight is 380 g/mol. The van der Waals surface area contributed by atoms with E-state index in [1.165, 1.54) is 0 Å². The highest BCUT2D eigenvalue weighted by molar-refractivity contribution is 5.92. The first kappa shape index (κ1) is 18.3. The van der Waals surface area contributed by atoms with E-state index in [1.54, 1.807) is 14.0 Å². The summed E-state index contributed by atoms with van der Waals surface area (Å²) in [5.74, 6) is 1.95. The van der Waals surface area contributed by atoms with Gasteiger partial charge in [0, 0.05) is 37.2 Å². The van der Waals surface area contributed by atoms with Crippen LogP contribution in [0.1, 0.15) is 46.6 Å². The third kappa shape index (κ3) is 3.40. The smallest absolute Gasteiger partial charge is 0.291 e. The Morgan fingerprint density at radius 1 is 1.29 bits per heavy atom. The summed E-state index contributed by atoms with van der Waals surface area (Å²) >= 11 is 0. The van der Waals surface area contributed by atoms with Crippen LogP contribution in [0.25, 0.3) is 11.1 Å². The monoisotopic (exact) mass is 380 g/mol. The normalized spacial score (nSPS) is 15.0. The van der Waals surface area contributed by atoms with Gasteiger partial charge in [-0.05, 0) is 37.5 Å². The molecule has 0 saturated carbocycles. The van der Waals surface area contributed by atoms with Gasteiger partial charge in [0.05, 0.1) is 19.0 Å². The molecule has 0 atom stereocenters. The van der Waals surface area contributed by atoms with Crippen molar-refractivity contribution in [3.8, 4) is 16.9 Å². The summed E-state index contributed by atoms with van der Waals surface area (Å²) in [6, 6.07) is 7.99. The summed E-state index contributed by atoms with van der Waals surface area (Å²) in [6.07, 6.45) is 3.61. The van der Waals surface area contributed by atoms with Gasteiger partial charge >= 0.3 is 0 Å². The molecule has 1 aliphatic heterocycles. The molecule has 3 heterocycles. The molecule has 1 fully saturated rings. The van der Waals surface area contributed by atoms with Gasteiger partial charge in [0.2, 0.25) is 5.76 Å². The van der Waals surface area contributed by atoms with Gasteiger partial charge in [-0.2, -0.15) is 5.10 Å². The lowest BCUT2D eigenvalue weighted by Gasteiger charge is -2.31. The Labute approximate surface area is 163 Å². The van der Waals surface area contributed by atoms with E-state index in [2.05, 4.69) is 21.2 Å². The Balaban J connectivity index is 1.48. The zero-order valence-corrected chi connectivity index (χ0v) is 16.4. The molecule has 1 aliphatic rings. The van der Waals surface area contributed by atoms with Crippen LogP contribution in [-0.4, -0.2) is 46.2 Å². The van der Waals surface area contributed by atoms with Gasteiger partial charge < -0.3 is 14.1 Å². The number of ether oxygens (including phenoxy) is 1. The van der Waals surface area contributed by atoms with Gasteiger partial charge in [-0.3, -0.25) is 9.89 Å². The third-order valence-electron chi connectivity index (χ3n) is 5.34. The number of oxazole rings is 1. The number of hydrogen-bond acceptors (Lipinski definition) is 5. The molecule has 0 spiro atoms. The predicted molar refractivity (Wildman–Crippen MR) is 104 cm³/mol. The number of piperidine rings is 1. The fourth-order valence-electron chi connectivity index (χ4n) is 3.87. The summed E-state index contributed by atoms with van der Waals surface area (Å²) in [7, 11) is 1.67. The van der Waals surface area contributed by atoms with Crippen molar-refractivity contribution in [3.63, 3.8) is 0 Å². The number of aromatic amines is 1. The average Bonchev–Trinajstić information content (AvgIpc) is 3.34. The zero-order valence-electron chi connectivity index (χ0n) is 16.4. The van der Waals surface area contributed by atoms with E-state index >= 15 is 0 Å². The van der Waals surface area contributed by atoms with Crippen LogP contribution >= 0.6 is 0 Å². The van der Waals surface area contributed by atoms with E-state index in [9.17, 15) is 4.79 Å². The third-order valence-corrected chi connectivity index (χ3v) is 5.34. The number of H-pyrrole nitrogens is 1. The predicted octanol–water partition coefficient (Wildman–Crippen LogP) is 3.71. The molecule has 7 heteroatoms. The molecule has 0 unspecified atom stereocenters. The van der Waals surface area contributed by atoms with Crippen LogP contribution in [0.3, 0.4) is 0 Å². The SMILES string of the molecule is COc1cccc(-c2cn[nH]c2C2CCN(C(=O)c3oc(C)nc3C)CC2)c1. The van der Waals surface area contributed by atoms with Crippen molar-refractivity contribution in [2.75, 3.05) is 20.2 Å². The summed E-state index contributed by atoms with van der Waals surface area (Å²) in [5.41, 5.74) is 3.94. The maximum absolute atomic E-state index is 12.7. The number of amides is 1. The van der Waals surface area contributed by atoms with Crippen molar-refractivity contribution in [2.24, 2.45) is 0 Å². The number of nitrogens with zero attached hydrogens (tertiary/aromatic N) is 3. The fourth-order valence-corrected chi connectivity index (χ4v) is 3.87. The standard InChI is InChI=1S/C21H24N4O3/c1-13-20(28-14(2)23-13)21(26)25-9-7-15(8-10-25)19-18(12-22-24-19)16-5-4-6-17(11-16)27-3/h4-6,11-12,15H,7-10H2,1-3H3,(H,22,24). The van der Waals surface area contributed by atoms with E-state index in [0.717, 1.165) is 35.4 Å². The minimum absolute atomic E-state index is 0.0748. The molecule has 146 valence electrons. The number of rotatable bonds is 4.